The number of alkyl halides is 1. The first-order chi connectivity index (χ1) is 4.52. The largest absolute Gasteiger partial charge is 0.295 e. The minimum Gasteiger partial charge on any atom is -0.295 e. The summed E-state index contributed by atoms with van der Waals surface area (Å²) in [5.41, 5.74) is 0. The van der Waals surface area contributed by atoms with E-state index < -0.39 is 6.17 Å². The van der Waals surface area contributed by atoms with Crippen LogP contribution in [0.4, 0.5) is 4.39 Å². The zero-order valence-corrected chi connectivity index (χ0v) is 7.61. The number of rotatable bonds is 3. The molecule has 0 amide bonds. The summed E-state index contributed by atoms with van der Waals surface area (Å²) in [6.07, 6.45) is 0.314. The van der Waals surface area contributed by atoms with Crippen molar-refractivity contribution in [3.05, 3.63) is 10.6 Å². The van der Waals surface area contributed by atoms with Crippen molar-refractivity contribution in [2.45, 2.75) is 26.4 Å². The molecule has 0 N–H and O–H groups in total. The lowest BCUT2D eigenvalue weighted by atomic mass is 10.2. The van der Waals surface area contributed by atoms with Gasteiger partial charge in [-0.15, -0.1) is 0 Å². The van der Waals surface area contributed by atoms with Crippen LogP contribution in [0.1, 0.15) is 20.3 Å². The fourth-order valence-corrected chi connectivity index (χ4v) is 0.813. The van der Waals surface area contributed by atoms with Crippen LogP contribution in [-0.2, 0) is 4.79 Å². The lowest BCUT2D eigenvalue weighted by Crippen LogP contribution is -2.01. The molecule has 0 radical (unpaired) electrons. The average Bonchev–Trinajstić information content (AvgIpc) is 1.58. The van der Waals surface area contributed by atoms with Crippen LogP contribution in [0.5, 0.6) is 0 Å². The lowest BCUT2D eigenvalue weighted by molar-refractivity contribution is -0.115. The van der Waals surface area contributed by atoms with Crippen LogP contribution in [0, 0.1) is 0 Å². The summed E-state index contributed by atoms with van der Waals surface area (Å²) in [6.45, 7) is 3.11. The predicted octanol–water partition coefficient (Wildman–Crippen LogP) is 2.60. The molecule has 3 heteroatoms. The van der Waals surface area contributed by atoms with Gasteiger partial charge in [-0.1, -0.05) is 15.9 Å². The van der Waals surface area contributed by atoms with Gasteiger partial charge in [0, 0.05) is 6.42 Å². The standard InChI is InChI=1S/C7H10BrFO/c1-5(8)3-7(10)4-6(2)9/h3,6H,4H2,1-2H3/b5-3-. The van der Waals surface area contributed by atoms with Crippen molar-refractivity contribution in [1.29, 1.82) is 0 Å². The second-order valence-corrected chi connectivity index (χ2v) is 3.43. The molecule has 0 heterocycles. The molecule has 0 aromatic rings. The Hall–Kier alpha value is -0.180. The normalized spacial score (nSPS) is 15.0. The number of hydrogen-bond acceptors (Lipinski definition) is 1. The minimum atomic E-state index is -1.05. The number of halogens is 2. The summed E-state index contributed by atoms with van der Waals surface area (Å²) in [7, 11) is 0. The predicted molar refractivity (Wildman–Crippen MR) is 42.9 cm³/mol. The molecule has 0 rings (SSSR count). The minimum absolute atomic E-state index is 0.0249. The highest BCUT2D eigenvalue weighted by Gasteiger charge is 2.03. The summed E-state index contributed by atoms with van der Waals surface area (Å²) in [5.74, 6) is -0.177. The number of allylic oxidation sites excluding steroid dienone is 2. The monoisotopic (exact) mass is 208 g/mol. The maximum atomic E-state index is 12.1. The Morgan fingerprint density at radius 3 is 2.60 bits per heavy atom. The molecule has 0 fully saturated rings. The number of carbonyl (C=O) groups is 1. The first kappa shape index (κ1) is 9.82. The third-order valence-electron chi connectivity index (χ3n) is 0.842. The highest BCUT2D eigenvalue weighted by Crippen LogP contribution is 2.05. The van der Waals surface area contributed by atoms with Crippen molar-refractivity contribution in [3.8, 4) is 0 Å². The van der Waals surface area contributed by atoms with Crippen LogP contribution in [-0.4, -0.2) is 12.0 Å². The van der Waals surface area contributed by atoms with E-state index in [4.69, 9.17) is 0 Å². The van der Waals surface area contributed by atoms with Crippen LogP contribution in [0.2, 0.25) is 0 Å². The first-order valence-corrected chi connectivity index (χ1v) is 3.82. The molecular weight excluding hydrogens is 199 g/mol. The molecule has 0 spiro atoms. The van der Waals surface area contributed by atoms with Gasteiger partial charge in [0.15, 0.2) is 5.78 Å². The van der Waals surface area contributed by atoms with Gasteiger partial charge in [0.05, 0.1) is 0 Å². The molecular formula is C7H10BrFO. The molecule has 58 valence electrons. The molecule has 0 aliphatic carbocycles. The summed E-state index contributed by atoms with van der Waals surface area (Å²) in [4.78, 5) is 10.7. The van der Waals surface area contributed by atoms with Crippen molar-refractivity contribution < 1.29 is 9.18 Å². The molecule has 0 saturated carbocycles. The summed E-state index contributed by atoms with van der Waals surface area (Å²) < 4.78 is 12.9. The first-order valence-electron chi connectivity index (χ1n) is 3.03. The molecule has 0 aliphatic rings. The fourth-order valence-electron chi connectivity index (χ4n) is 0.558. The highest BCUT2D eigenvalue weighted by molar-refractivity contribution is 9.11. The second kappa shape index (κ2) is 4.61. The van der Waals surface area contributed by atoms with Crippen molar-refractivity contribution in [1.82, 2.24) is 0 Å². The van der Waals surface area contributed by atoms with Gasteiger partial charge in [-0.25, -0.2) is 4.39 Å². The van der Waals surface area contributed by atoms with Crippen molar-refractivity contribution in [3.63, 3.8) is 0 Å². The number of hydrogen-bond donors (Lipinski definition) is 0. The SMILES string of the molecule is C/C(Br)=C/C(=O)CC(C)F. The maximum Gasteiger partial charge on any atom is 0.159 e. The van der Waals surface area contributed by atoms with Crippen molar-refractivity contribution in [2.24, 2.45) is 0 Å². The van der Waals surface area contributed by atoms with Crippen LogP contribution in [0.3, 0.4) is 0 Å². The average molecular weight is 209 g/mol. The van der Waals surface area contributed by atoms with Crippen LogP contribution in [0.15, 0.2) is 10.6 Å². The maximum absolute atomic E-state index is 12.1. The van der Waals surface area contributed by atoms with Crippen LogP contribution < -0.4 is 0 Å². The van der Waals surface area contributed by atoms with E-state index in [2.05, 4.69) is 15.9 Å². The molecule has 0 bridgehead atoms. The van der Waals surface area contributed by atoms with Gasteiger partial charge in [-0.05, 0) is 24.4 Å². The number of carbonyl (C=O) groups excluding carboxylic acids is 1. The lowest BCUT2D eigenvalue weighted by Gasteiger charge is -1.95. The molecule has 0 saturated heterocycles. The van der Waals surface area contributed by atoms with Crippen LogP contribution in [0.25, 0.3) is 0 Å². The van der Waals surface area contributed by atoms with Gasteiger partial charge < -0.3 is 0 Å². The topological polar surface area (TPSA) is 17.1 Å². The van der Waals surface area contributed by atoms with Gasteiger partial charge in [0.25, 0.3) is 0 Å². The molecule has 0 aromatic carbocycles. The van der Waals surface area contributed by atoms with Gasteiger partial charge in [-0.3, -0.25) is 4.79 Å². The van der Waals surface area contributed by atoms with E-state index in [0.29, 0.717) is 0 Å². The molecule has 0 aliphatic heterocycles. The Morgan fingerprint density at radius 1 is 1.80 bits per heavy atom. The van der Waals surface area contributed by atoms with E-state index in [0.717, 1.165) is 4.48 Å². The fraction of sp³-hybridized carbons (Fsp3) is 0.571. The van der Waals surface area contributed by atoms with Gasteiger partial charge in [-0.2, -0.15) is 0 Å². The molecule has 1 unspecified atom stereocenters. The summed E-state index contributed by atoms with van der Waals surface area (Å²) in [5, 5.41) is 0. The third kappa shape index (κ3) is 5.95. The Bertz CT molecular complexity index is 148. The summed E-state index contributed by atoms with van der Waals surface area (Å²) in [6, 6.07) is 0. The number of ketones is 1. The Balaban J connectivity index is 3.76. The Morgan fingerprint density at radius 2 is 2.30 bits per heavy atom. The Labute approximate surface area is 68.4 Å². The van der Waals surface area contributed by atoms with E-state index >= 15 is 0 Å². The molecule has 0 aromatic heterocycles. The van der Waals surface area contributed by atoms with Gasteiger partial charge in [0.2, 0.25) is 0 Å². The Kier molecular flexibility index (Phi) is 4.52. The summed E-state index contributed by atoms with van der Waals surface area (Å²) >= 11 is 3.08. The second-order valence-electron chi connectivity index (χ2n) is 2.18. The van der Waals surface area contributed by atoms with Crippen LogP contribution >= 0.6 is 15.9 Å². The van der Waals surface area contributed by atoms with Gasteiger partial charge >= 0.3 is 0 Å². The van der Waals surface area contributed by atoms with Crippen molar-refractivity contribution in [2.75, 3.05) is 0 Å². The highest BCUT2D eigenvalue weighted by atomic mass is 79.9. The zero-order valence-electron chi connectivity index (χ0n) is 6.03. The quantitative estimate of drug-likeness (QED) is 0.653. The molecule has 10 heavy (non-hydrogen) atoms. The zero-order chi connectivity index (χ0) is 8.15. The molecule has 1 nitrogen and oxygen atoms in total. The third-order valence-corrected chi connectivity index (χ3v) is 1.07. The smallest absolute Gasteiger partial charge is 0.159 e. The van der Waals surface area contributed by atoms with E-state index in [9.17, 15) is 9.18 Å². The van der Waals surface area contributed by atoms with E-state index in [-0.39, 0.29) is 12.2 Å². The van der Waals surface area contributed by atoms with Crippen molar-refractivity contribution >= 4 is 21.7 Å². The van der Waals surface area contributed by atoms with E-state index in [1.807, 2.05) is 0 Å². The molecule has 1 atom stereocenters. The van der Waals surface area contributed by atoms with E-state index in [1.54, 1.807) is 6.92 Å². The van der Waals surface area contributed by atoms with E-state index in [1.165, 1.54) is 13.0 Å². The van der Waals surface area contributed by atoms with Gasteiger partial charge in [0.1, 0.15) is 6.17 Å².